The van der Waals surface area contributed by atoms with Crippen LogP contribution in [0.15, 0.2) is 30.3 Å². The van der Waals surface area contributed by atoms with E-state index in [9.17, 15) is 14.4 Å². The second-order valence-electron chi connectivity index (χ2n) is 4.78. The number of nitrogens with one attached hydrogen (secondary N) is 2. The molecule has 1 fully saturated rings. The summed E-state index contributed by atoms with van der Waals surface area (Å²) in [4.78, 5) is 35.8. The average molecular weight is 291 g/mol. The van der Waals surface area contributed by atoms with Gasteiger partial charge in [0.1, 0.15) is 6.54 Å². The highest BCUT2D eigenvalue weighted by atomic mass is 16.4. The number of carbonyl (C=O) groups excluding carboxylic acids is 2. The number of carboxylic acid groups (broad SMARTS) is 1. The summed E-state index contributed by atoms with van der Waals surface area (Å²) in [6.45, 7) is 0.799. The predicted molar refractivity (Wildman–Crippen MR) is 74.6 cm³/mol. The van der Waals surface area contributed by atoms with E-state index in [1.165, 1.54) is 4.90 Å². The fourth-order valence-corrected chi connectivity index (χ4v) is 2.16. The molecule has 0 saturated carbocycles. The first-order chi connectivity index (χ1) is 10.1. The van der Waals surface area contributed by atoms with Crippen LogP contribution in [0.1, 0.15) is 18.0 Å². The Labute approximate surface area is 121 Å². The van der Waals surface area contributed by atoms with Crippen LogP contribution < -0.4 is 10.6 Å². The summed E-state index contributed by atoms with van der Waals surface area (Å²) in [7, 11) is 0. The molecule has 7 nitrogen and oxygen atoms in total. The average Bonchev–Trinajstić information content (AvgIpc) is 2.47. The number of nitrogens with zero attached hydrogens (tertiary/aromatic N) is 1. The minimum absolute atomic E-state index is 0.0135. The Bertz CT molecular complexity index is 532. The van der Waals surface area contributed by atoms with E-state index in [2.05, 4.69) is 10.6 Å². The van der Waals surface area contributed by atoms with Crippen molar-refractivity contribution in [2.75, 3.05) is 19.6 Å². The smallest absolute Gasteiger partial charge is 0.318 e. The van der Waals surface area contributed by atoms with Crippen molar-refractivity contribution < 1.29 is 19.5 Å². The molecule has 0 aliphatic carbocycles. The number of rotatable bonds is 4. The molecule has 2 rings (SSSR count). The van der Waals surface area contributed by atoms with Gasteiger partial charge in [-0.1, -0.05) is 30.3 Å². The summed E-state index contributed by atoms with van der Waals surface area (Å²) in [6, 6.07) is 7.85. The molecule has 7 heteroatoms. The maximum Gasteiger partial charge on any atom is 0.318 e. The quantitative estimate of drug-likeness (QED) is 0.745. The van der Waals surface area contributed by atoms with E-state index in [1.807, 2.05) is 6.07 Å². The molecule has 1 aromatic carbocycles. The highest BCUT2D eigenvalue weighted by molar-refractivity contribution is 5.85. The summed E-state index contributed by atoms with van der Waals surface area (Å²) in [5.41, 5.74) is 0.717. The van der Waals surface area contributed by atoms with Crippen LogP contribution in [-0.2, 0) is 9.59 Å². The fourth-order valence-electron chi connectivity index (χ4n) is 2.16. The fraction of sp³-hybridized carbons (Fsp3) is 0.357. The first-order valence-corrected chi connectivity index (χ1v) is 6.65. The molecule has 3 amide bonds. The Kier molecular flexibility index (Phi) is 4.76. The zero-order valence-electron chi connectivity index (χ0n) is 11.4. The number of hydrogen-bond acceptors (Lipinski definition) is 3. The van der Waals surface area contributed by atoms with Gasteiger partial charge in [-0.25, -0.2) is 4.79 Å². The second kappa shape index (κ2) is 6.74. The number of urea groups is 1. The maximum absolute atomic E-state index is 12.2. The number of carbonyl (C=O) groups is 3. The lowest BCUT2D eigenvalue weighted by Crippen LogP contribution is -2.53. The molecule has 0 aromatic heterocycles. The zero-order valence-corrected chi connectivity index (χ0v) is 11.4. The third-order valence-electron chi connectivity index (χ3n) is 3.20. The lowest BCUT2D eigenvalue weighted by Gasteiger charge is -2.29. The second-order valence-corrected chi connectivity index (χ2v) is 4.78. The van der Waals surface area contributed by atoms with Crippen LogP contribution in [0.3, 0.4) is 0 Å². The lowest BCUT2D eigenvalue weighted by atomic mass is 10.0. The number of carboxylic acids is 1. The van der Waals surface area contributed by atoms with Gasteiger partial charge in [0.2, 0.25) is 5.91 Å². The molecule has 0 bridgehead atoms. The van der Waals surface area contributed by atoms with Gasteiger partial charge < -0.3 is 20.6 Å². The standard InChI is InChI=1S/C14H17N3O4/c18-12-9-17(7-6-15-12)14(21)16-11(8-13(19)20)10-4-2-1-3-5-10/h1-5,11H,6-9H2,(H,15,18)(H,16,21)(H,19,20). The van der Waals surface area contributed by atoms with Gasteiger partial charge in [0.25, 0.3) is 0 Å². The van der Waals surface area contributed by atoms with Crippen LogP contribution >= 0.6 is 0 Å². The van der Waals surface area contributed by atoms with Gasteiger partial charge in [0, 0.05) is 13.1 Å². The summed E-state index contributed by atoms with van der Waals surface area (Å²) < 4.78 is 0. The molecular formula is C14H17N3O4. The largest absolute Gasteiger partial charge is 0.481 e. The summed E-state index contributed by atoms with van der Waals surface area (Å²) in [6.07, 6.45) is -0.213. The van der Waals surface area contributed by atoms with E-state index in [4.69, 9.17) is 5.11 Å². The summed E-state index contributed by atoms with van der Waals surface area (Å²) in [5, 5.41) is 14.3. The van der Waals surface area contributed by atoms with Crippen molar-refractivity contribution in [1.29, 1.82) is 0 Å². The van der Waals surface area contributed by atoms with Crippen molar-refractivity contribution in [2.45, 2.75) is 12.5 Å². The van der Waals surface area contributed by atoms with E-state index in [1.54, 1.807) is 24.3 Å². The normalized spacial score (nSPS) is 16.0. The topological polar surface area (TPSA) is 98.7 Å². The highest BCUT2D eigenvalue weighted by Gasteiger charge is 2.24. The van der Waals surface area contributed by atoms with Gasteiger partial charge in [-0.2, -0.15) is 0 Å². The molecule has 1 atom stereocenters. The third-order valence-corrected chi connectivity index (χ3v) is 3.20. The van der Waals surface area contributed by atoms with Crippen molar-refractivity contribution in [3.8, 4) is 0 Å². The zero-order chi connectivity index (χ0) is 15.2. The van der Waals surface area contributed by atoms with Gasteiger partial charge >= 0.3 is 12.0 Å². The first kappa shape index (κ1) is 14.8. The van der Waals surface area contributed by atoms with Gasteiger partial charge in [0.05, 0.1) is 12.5 Å². The predicted octanol–water partition coefficient (Wildman–Crippen LogP) is 0.344. The minimum atomic E-state index is -0.999. The van der Waals surface area contributed by atoms with E-state index >= 15 is 0 Å². The Hall–Kier alpha value is -2.57. The number of piperazine rings is 1. The number of benzene rings is 1. The van der Waals surface area contributed by atoms with Gasteiger partial charge in [-0.3, -0.25) is 9.59 Å². The van der Waals surface area contributed by atoms with Crippen molar-refractivity contribution in [3.63, 3.8) is 0 Å². The summed E-state index contributed by atoms with van der Waals surface area (Å²) in [5.74, 6) is -1.22. The van der Waals surface area contributed by atoms with Crippen LogP contribution in [0.4, 0.5) is 4.79 Å². The van der Waals surface area contributed by atoms with Gasteiger partial charge in [-0.05, 0) is 5.56 Å². The van der Waals surface area contributed by atoms with E-state index in [0.717, 1.165) is 5.56 Å². The Morgan fingerprint density at radius 1 is 1.33 bits per heavy atom. The van der Waals surface area contributed by atoms with Gasteiger partial charge in [0.15, 0.2) is 0 Å². The third kappa shape index (κ3) is 4.20. The minimum Gasteiger partial charge on any atom is -0.481 e. The first-order valence-electron chi connectivity index (χ1n) is 6.65. The van der Waals surface area contributed by atoms with E-state index in [-0.39, 0.29) is 18.9 Å². The van der Waals surface area contributed by atoms with Crippen molar-refractivity contribution >= 4 is 17.9 Å². The van der Waals surface area contributed by atoms with E-state index < -0.39 is 18.0 Å². The molecular weight excluding hydrogens is 274 g/mol. The van der Waals surface area contributed by atoms with Crippen LogP contribution in [0.2, 0.25) is 0 Å². The van der Waals surface area contributed by atoms with Crippen molar-refractivity contribution in [1.82, 2.24) is 15.5 Å². The monoisotopic (exact) mass is 291 g/mol. The van der Waals surface area contributed by atoms with Crippen molar-refractivity contribution in [2.24, 2.45) is 0 Å². The molecule has 21 heavy (non-hydrogen) atoms. The maximum atomic E-state index is 12.2. The SMILES string of the molecule is O=C(O)CC(NC(=O)N1CCNC(=O)C1)c1ccccc1. The molecule has 112 valence electrons. The molecule has 1 heterocycles. The molecule has 1 unspecified atom stereocenters. The number of amides is 3. The van der Waals surface area contributed by atoms with E-state index in [0.29, 0.717) is 13.1 Å². The molecule has 0 radical (unpaired) electrons. The molecule has 3 N–H and O–H groups in total. The molecule has 1 aromatic rings. The van der Waals surface area contributed by atoms with Crippen molar-refractivity contribution in [3.05, 3.63) is 35.9 Å². The van der Waals surface area contributed by atoms with Crippen LogP contribution in [0.25, 0.3) is 0 Å². The molecule has 0 spiro atoms. The van der Waals surface area contributed by atoms with Crippen LogP contribution in [-0.4, -0.2) is 47.5 Å². The molecule has 1 aliphatic rings. The highest BCUT2D eigenvalue weighted by Crippen LogP contribution is 2.17. The van der Waals surface area contributed by atoms with Crippen LogP contribution in [0.5, 0.6) is 0 Å². The number of hydrogen-bond donors (Lipinski definition) is 3. The van der Waals surface area contributed by atoms with Crippen LogP contribution in [0, 0.1) is 0 Å². The number of aliphatic carboxylic acids is 1. The Balaban J connectivity index is 2.06. The molecule has 1 aliphatic heterocycles. The Morgan fingerprint density at radius 3 is 2.67 bits per heavy atom. The lowest BCUT2D eigenvalue weighted by molar-refractivity contribution is -0.137. The van der Waals surface area contributed by atoms with Gasteiger partial charge in [-0.15, -0.1) is 0 Å². The molecule has 1 saturated heterocycles. The Morgan fingerprint density at radius 2 is 2.05 bits per heavy atom. The summed E-state index contributed by atoms with van der Waals surface area (Å²) >= 11 is 0.